The van der Waals surface area contributed by atoms with Crippen LogP contribution in [0, 0.1) is 6.92 Å². The maximum atomic E-state index is 12.8. The summed E-state index contributed by atoms with van der Waals surface area (Å²) in [6, 6.07) is 23.6. The number of hydrogen-bond donors (Lipinski definition) is 1. The van der Waals surface area contributed by atoms with Crippen molar-refractivity contribution in [3.63, 3.8) is 0 Å². The molecule has 1 atom stereocenters. The Bertz CT molecular complexity index is 966. The highest BCUT2D eigenvalue weighted by molar-refractivity contribution is 6.14. The standard InChI is InChI=1S/C24H23NO3/c1-3-21(28-22-16-10-7-11-17(22)2)24(27)25-20-15-9-8-14-19(20)23(26)18-12-5-4-6-13-18/h4-16,21H,3H2,1-2H3,(H,25,27)/t21-/m1/s1. The van der Waals surface area contributed by atoms with E-state index in [0.29, 0.717) is 29.0 Å². The average Bonchev–Trinajstić information content (AvgIpc) is 2.73. The molecule has 0 aliphatic heterocycles. The van der Waals surface area contributed by atoms with Gasteiger partial charge in [0.1, 0.15) is 5.75 Å². The lowest BCUT2D eigenvalue weighted by molar-refractivity contribution is -0.122. The minimum absolute atomic E-state index is 0.135. The number of aryl methyl sites for hydroxylation is 1. The van der Waals surface area contributed by atoms with Crippen molar-refractivity contribution in [2.45, 2.75) is 26.4 Å². The van der Waals surface area contributed by atoms with Gasteiger partial charge in [0.05, 0.1) is 5.69 Å². The number of carbonyl (C=O) groups excluding carboxylic acids is 2. The first-order valence-corrected chi connectivity index (χ1v) is 9.32. The van der Waals surface area contributed by atoms with Crippen LogP contribution in [0.5, 0.6) is 5.75 Å². The van der Waals surface area contributed by atoms with Crippen LogP contribution in [-0.4, -0.2) is 17.8 Å². The number of ether oxygens (including phenoxy) is 1. The molecule has 4 heteroatoms. The molecule has 0 heterocycles. The predicted octanol–water partition coefficient (Wildman–Crippen LogP) is 5.02. The van der Waals surface area contributed by atoms with Gasteiger partial charge < -0.3 is 10.1 Å². The second-order valence-electron chi connectivity index (χ2n) is 6.51. The highest BCUT2D eigenvalue weighted by Crippen LogP contribution is 2.22. The molecule has 0 bridgehead atoms. The summed E-state index contributed by atoms with van der Waals surface area (Å²) in [5.74, 6) is 0.265. The normalized spacial score (nSPS) is 11.5. The Kier molecular flexibility index (Phi) is 6.22. The van der Waals surface area contributed by atoms with Crippen molar-refractivity contribution in [2.24, 2.45) is 0 Å². The van der Waals surface area contributed by atoms with E-state index >= 15 is 0 Å². The van der Waals surface area contributed by atoms with Gasteiger partial charge in [0.2, 0.25) is 0 Å². The summed E-state index contributed by atoms with van der Waals surface area (Å²) in [6.07, 6.45) is -0.143. The zero-order chi connectivity index (χ0) is 19.9. The smallest absolute Gasteiger partial charge is 0.265 e. The number of nitrogens with one attached hydrogen (secondary N) is 1. The van der Waals surface area contributed by atoms with Crippen molar-refractivity contribution in [1.29, 1.82) is 0 Å². The largest absolute Gasteiger partial charge is 0.480 e. The van der Waals surface area contributed by atoms with Crippen LogP contribution in [0.4, 0.5) is 5.69 Å². The van der Waals surface area contributed by atoms with Crippen molar-refractivity contribution < 1.29 is 14.3 Å². The molecule has 0 aromatic heterocycles. The molecule has 142 valence electrons. The lowest BCUT2D eigenvalue weighted by atomic mass is 10.0. The summed E-state index contributed by atoms with van der Waals surface area (Å²) >= 11 is 0. The Balaban J connectivity index is 1.80. The summed E-state index contributed by atoms with van der Waals surface area (Å²) < 4.78 is 5.92. The van der Waals surface area contributed by atoms with Crippen LogP contribution >= 0.6 is 0 Å². The van der Waals surface area contributed by atoms with Crippen molar-refractivity contribution in [1.82, 2.24) is 0 Å². The van der Waals surface area contributed by atoms with Gasteiger partial charge in [-0.1, -0.05) is 67.6 Å². The van der Waals surface area contributed by atoms with Gasteiger partial charge in [0.25, 0.3) is 5.91 Å². The Morgan fingerprint density at radius 2 is 1.54 bits per heavy atom. The van der Waals surface area contributed by atoms with Crippen LogP contribution in [0.2, 0.25) is 0 Å². The molecule has 0 saturated carbocycles. The van der Waals surface area contributed by atoms with E-state index in [1.807, 2.05) is 56.3 Å². The van der Waals surface area contributed by atoms with Crippen molar-refractivity contribution in [3.05, 3.63) is 95.6 Å². The number of carbonyl (C=O) groups is 2. The quantitative estimate of drug-likeness (QED) is 0.592. The Labute approximate surface area is 165 Å². The average molecular weight is 373 g/mol. The molecule has 0 unspecified atom stereocenters. The first-order valence-electron chi connectivity index (χ1n) is 9.32. The highest BCUT2D eigenvalue weighted by Gasteiger charge is 2.21. The number of para-hydroxylation sites is 2. The third kappa shape index (κ3) is 4.46. The molecule has 1 N–H and O–H groups in total. The lowest BCUT2D eigenvalue weighted by Gasteiger charge is -2.19. The summed E-state index contributed by atoms with van der Waals surface area (Å²) in [6.45, 7) is 3.83. The van der Waals surface area contributed by atoms with Crippen molar-refractivity contribution in [2.75, 3.05) is 5.32 Å². The summed E-state index contributed by atoms with van der Waals surface area (Å²) in [5.41, 5.74) is 2.47. The molecule has 0 aliphatic carbocycles. The molecule has 0 spiro atoms. The molecular weight excluding hydrogens is 350 g/mol. The van der Waals surface area contributed by atoms with Gasteiger partial charge in [-0.3, -0.25) is 9.59 Å². The molecule has 0 saturated heterocycles. The fourth-order valence-electron chi connectivity index (χ4n) is 2.91. The lowest BCUT2D eigenvalue weighted by Crippen LogP contribution is -2.33. The van der Waals surface area contributed by atoms with E-state index in [4.69, 9.17) is 4.74 Å². The fraction of sp³-hybridized carbons (Fsp3) is 0.167. The van der Waals surface area contributed by atoms with Crippen LogP contribution in [0.25, 0.3) is 0 Å². The number of benzene rings is 3. The molecular formula is C24H23NO3. The Morgan fingerprint density at radius 3 is 2.25 bits per heavy atom. The van der Waals surface area contributed by atoms with Crippen LogP contribution in [-0.2, 0) is 4.79 Å². The monoisotopic (exact) mass is 373 g/mol. The van der Waals surface area contributed by atoms with Gasteiger partial charge in [0, 0.05) is 11.1 Å². The van der Waals surface area contributed by atoms with E-state index in [-0.39, 0.29) is 11.7 Å². The number of hydrogen-bond acceptors (Lipinski definition) is 3. The Hall–Kier alpha value is -3.40. The summed E-state index contributed by atoms with van der Waals surface area (Å²) in [5, 5.41) is 2.87. The van der Waals surface area contributed by atoms with E-state index in [9.17, 15) is 9.59 Å². The molecule has 4 nitrogen and oxygen atoms in total. The van der Waals surface area contributed by atoms with Crippen molar-refractivity contribution >= 4 is 17.4 Å². The Morgan fingerprint density at radius 1 is 0.893 bits per heavy atom. The van der Waals surface area contributed by atoms with Gasteiger partial charge >= 0.3 is 0 Å². The molecule has 1 amide bonds. The number of amides is 1. The molecule has 3 aromatic carbocycles. The number of anilines is 1. The van der Waals surface area contributed by atoms with Gasteiger partial charge in [0.15, 0.2) is 11.9 Å². The van der Waals surface area contributed by atoms with Crippen LogP contribution in [0.3, 0.4) is 0 Å². The molecule has 0 aliphatic rings. The second kappa shape index (κ2) is 9.00. The molecule has 3 rings (SSSR count). The third-order valence-electron chi connectivity index (χ3n) is 4.49. The van der Waals surface area contributed by atoms with Gasteiger partial charge in [-0.15, -0.1) is 0 Å². The zero-order valence-electron chi connectivity index (χ0n) is 16.0. The molecule has 0 fully saturated rings. The third-order valence-corrected chi connectivity index (χ3v) is 4.49. The topological polar surface area (TPSA) is 55.4 Å². The molecule has 0 radical (unpaired) electrons. The van der Waals surface area contributed by atoms with Crippen LogP contribution < -0.4 is 10.1 Å². The first-order chi connectivity index (χ1) is 13.6. The highest BCUT2D eigenvalue weighted by atomic mass is 16.5. The summed E-state index contributed by atoms with van der Waals surface area (Å²) in [4.78, 5) is 25.7. The van der Waals surface area contributed by atoms with E-state index in [1.165, 1.54) is 0 Å². The number of ketones is 1. The maximum absolute atomic E-state index is 12.8. The van der Waals surface area contributed by atoms with E-state index in [0.717, 1.165) is 5.56 Å². The van der Waals surface area contributed by atoms with E-state index in [2.05, 4.69) is 5.32 Å². The van der Waals surface area contributed by atoms with Crippen LogP contribution in [0.15, 0.2) is 78.9 Å². The minimum atomic E-state index is -0.652. The number of rotatable bonds is 7. The minimum Gasteiger partial charge on any atom is -0.480 e. The first kappa shape index (κ1) is 19.4. The van der Waals surface area contributed by atoms with Gasteiger partial charge in [-0.05, 0) is 37.1 Å². The van der Waals surface area contributed by atoms with Crippen molar-refractivity contribution in [3.8, 4) is 5.75 Å². The van der Waals surface area contributed by atoms with E-state index in [1.54, 1.807) is 36.4 Å². The van der Waals surface area contributed by atoms with Gasteiger partial charge in [-0.2, -0.15) is 0 Å². The maximum Gasteiger partial charge on any atom is 0.265 e. The predicted molar refractivity (Wildman–Crippen MR) is 111 cm³/mol. The van der Waals surface area contributed by atoms with Crippen LogP contribution in [0.1, 0.15) is 34.8 Å². The molecule has 3 aromatic rings. The zero-order valence-corrected chi connectivity index (χ0v) is 16.0. The molecule has 28 heavy (non-hydrogen) atoms. The summed E-state index contributed by atoms with van der Waals surface area (Å²) in [7, 11) is 0. The SMILES string of the molecule is CC[C@@H](Oc1ccccc1C)C(=O)Nc1ccccc1C(=O)c1ccccc1. The fourth-order valence-corrected chi connectivity index (χ4v) is 2.91. The van der Waals surface area contributed by atoms with Gasteiger partial charge in [-0.25, -0.2) is 0 Å². The van der Waals surface area contributed by atoms with E-state index < -0.39 is 6.10 Å². The second-order valence-corrected chi connectivity index (χ2v) is 6.51.